The van der Waals surface area contributed by atoms with Crippen molar-refractivity contribution in [3.63, 3.8) is 0 Å². The van der Waals surface area contributed by atoms with Gasteiger partial charge in [-0.2, -0.15) is 0 Å². The molecule has 0 amide bonds. The number of aliphatic hydroxyl groups is 1. The summed E-state index contributed by atoms with van der Waals surface area (Å²) in [6, 6.07) is 0.345. The van der Waals surface area contributed by atoms with Gasteiger partial charge in [0.25, 0.3) is 0 Å². The zero-order chi connectivity index (χ0) is 16.4. The van der Waals surface area contributed by atoms with Crippen molar-refractivity contribution < 1.29 is 5.11 Å². The second-order valence-electron chi connectivity index (χ2n) is 9.64. The normalized spacial score (nSPS) is 57.7. The Labute approximate surface area is 141 Å². The number of hydrogen-bond acceptors (Lipinski definition) is 2. The number of nitrogens with two attached hydrogens (primary N) is 1. The molecule has 0 saturated heterocycles. The predicted molar refractivity (Wildman–Crippen MR) is 94.8 cm³/mol. The molecule has 2 heteroatoms. The smallest absolute Gasteiger partial charge is 0.0543 e. The maximum absolute atomic E-state index is 10.1. The quantitative estimate of drug-likeness (QED) is 0.655. The summed E-state index contributed by atoms with van der Waals surface area (Å²) >= 11 is 0. The van der Waals surface area contributed by atoms with Crippen LogP contribution >= 0.6 is 0 Å². The molecule has 2 nitrogen and oxygen atoms in total. The van der Waals surface area contributed by atoms with Crippen LogP contribution in [-0.4, -0.2) is 17.3 Å². The van der Waals surface area contributed by atoms with Crippen molar-refractivity contribution in [1.82, 2.24) is 0 Å². The van der Waals surface area contributed by atoms with E-state index >= 15 is 0 Å². The molecule has 0 spiro atoms. The van der Waals surface area contributed by atoms with Crippen molar-refractivity contribution >= 4 is 0 Å². The number of fused-ring (bicyclic) bond motifs is 5. The number of hydrogen-bond donors (Lipinski definition) is 2. The van der Waals surface area contributed by atoms with E-state index < -0.39 is 0 Å². The average molecular weight is 318 g/mol. The second-order valence-corrected chi connectivity index (χ2v) is 9.64. The summed E-state index contributed by atoms with van der Waals surface area (Å²) in [5.74, 6) is 3.05. The molecular weight excluding hydrogens is 282 g/mol. The Morgan fingerprint density at radius 3 is 2.70 bits per heavy atom. The van der Waals surface area contributed by atoms with E-state index in [4.69, 9.17) is 5.73 Å². The lowest BCUT2D eigenvalue weighted by Crippen LogP contribution is -2.60. The molecule has 3 N–H and O–H groups in total. The lowest BCUT2D eigenvalue weighted by Gasteiger charge is -2.62. The molecule has 4 fully saturated rings. The highest BCUT2D eigenvalue weighted by Crippen LogP contribution is 2.66. The molecule has 4 aliphatic rings. The minimum absolute atomic E-state index is 0.0594. The van der Waals surface area contributed by atoms with Crippen LogP contribution in [0.2, 0.25) is 0 Å². The number of rotatable bonds is 0. The van der Waals surface area contributed by atoms with Crippen molar-refractivity contribution in [3.05, 3.63) is 11.6 Å². The fourth-order valence-corrected chi connectivity index (χ4v) is 7.82. The molecule has 23 heavy (non-hydrogen) atoms. The van der Waals surface area contributed by atoms with Gasteiger partial charge in [-0.05, 0) is 92.8 Å². The van der Waals surface area contributed by atoms with Crippen LogP contribution in [0.15, 0.2) is 11.6 Å². The summed E-state index contributed by atoms with van der Waals surface area (Å²) in [4.78, 5) is 0. The number of aliphatic hydroxyl groups excluding tert-OH is 1. The topological polar surface area (TPSA) is 46.2 Å². The Balaban J connectivity index is 1.69. The van der Waals surface area contributed by atoms with Crippen LogP contribution in [0.5, 0.6) is 0 Å². The standard InChI is InChI=1S/C21H35NO/c1-4-13-6-8-17-16-7-5-14-11-15(23)9-10-20(14,2)19(16)18(22)12-21(13,17)3/h4,14-19,23H,5-12,22H2,1-3H3/b13-4+/t14?,15?,16-,17-,18?,19+,20-,21+/m0/s1. The van der Waals surface area contributed by atoms with E-state index in [0.29, 0.717) is 28.7 Å². The maximum atomic E-state index is 10.1. The van der Waals surface area contributed by atoms with Gasteiger partial charge in [0, 0.05) is 6.04 Å². The van der Waals surface area contributed by atoms with Gasteiger partial charge in [-0.3, -0.25) is 0 Å². The third-order valence-electron chi connectivity index (χ3n) is 8.84. The summed E-state index contributed by atoms with van der Waals surface area (Å²) < 4.78 is 0. The van der Waals surface area contributed by atoms with E-state index in [1.807, 2.05) is 0 Å². The molecule has 0 aromatic carbocycles. The zero-order valence-electron chi connectivity index (χ0n) is 15.2. The minimum atomic E-state index is -0.0594. The molecule has 130 valence electrons. The molecule has 4 rings (SSSR count). The molecule has 0 aliphatic heterocycles. The van der Waals surface area contributed by atoms with E-state index in [0.717, 1.165) is 24.7 Å². The van der Waals surface area contributed by atoms with Gasteiger partial charge in [0.15, 0.2) is 0 Å². The zero-order valence-corrected chi connectivity index (χ0v) is 15.2. The number of allylic oxidation sites excluding steroid dienone is 2. The molecule has 3 unspecified atom stereocenters. The van der Waals surface area contributed by atoms with Gasteiger partial charge in [-0.15, -0.1) is 0 Å². The summed E-state index contributed by atoms with van der Waals surface area (Å²) in [5.41, 5.74) is 9.31. The lowest BCUT2D eigenvalue weighted by atomic mass is 9.44. The van der Waals surface area contributed by atoms with Crippen molar-refractivity contribution in [2.24, 2.45) is 40.2 Å². The first-order valence-electron chi connectivity index (χ1n) is 9.99. The Hall–Kier alpha value is -0.340. The van der Waals surface area contributed by atoms with Gasteiger partial charge in [0.1, 0.15) is 0 Å². The Morgan fingerprint density at radius 2 is 1.96 bits per heavy atom. The molecule has 8 atom stereocenters. The molecule has 0 radical (unpaired) electrons. The van der Waals surface area contributed by atoms with Gasteiger partial charge in [-0.1, -0.05) is 25.5 Å². The summed E-state index contributed by atoms with van der Waals surface area (Å²) in [7, 11) is 0. The molecule has 4 saturated carbocycles. The van der Waals surface area contributed by atoms with Crippen LogP contribution < -0.4 is 5.73 Å². The van der Waals surface area contributed by atoms with Crippen LogP contribution in [0.25, 0.3) is 0 Å². The van der Waals surface area contributed by atoms with Crippen molar-refractivity contribution in [2.75, 3.05) is 0 Å². The van der Waals surface area contributed by atoms with E-state index in [9.17, 15) is 5.11 Å². The van der Waals surface area contributed by atoms with Crippen LogP contribution in [0.1, 0.15) is 72.1 Å². The van der Waals surface area contributed by atoms with E-state index in [2.05, 4.69) is 26.8 Å². The second kappa shape index (κ2) is 5.33. The fraction of sp³-hybridized carbons (Fsp3) is 0.905. The summed E-state index contributed by atoms with van der Waals surface area (Å²) in [5, 5.41) is 10.1. The lowest BCUT2D eigenvalue weighted by molar-refractivity contribution is -0.125. The van der Waals surface area contributed by atoms with Gasteiger partial charge >= 0.3 is 0 Å². The molecule has 4 aliphatic carbocycles. The van der Waals surface area contributed by atoms with Crippen LogP contribution in [0, 0.1) is 34.5 Å². The fourth-order valence-electron chi connectivity index (χ4n) is 7.82. The third kappa shape index (κ3) is 2.13. The van der Waals surface area contributed by atoms with E-state index in [-0.39, 0.29) is 6.10 Å². The molecular formula is C21H35NO. The van der Waals surface area contributed by atoms with Crippen molar-refractivity contribution in [2.45, 2.75) is 84.3 Å². The first kappa shape index (κ1) is 16.1. The maximum Gasteiger partial charge on any atom is 0.0543 e. The van der Waals surface area contributed by atoms with Crippen LogP contribution in [0.3, 0.4) is 0 Å². The highest BCUT2D eigenvalue weighted by atomic mass is 16.3. The SMILES string of the molecule is C/C=C1\CC[C@H]2[C@@H]3CCC4CC(O)CC[C@]4(C)[C@H]3C(N)C[C@]12C. The average Bonchev–Trinajstić information content (AvgIpc) is 2.83. The third-order valence-corrected chi connectivity index (χ3v) is 8.84. The first-order chi connectivity index (χ1) is 10.9. The molecule has 0 heterocycles. The van der Waals surface area contributed by atoms with Gasteiger partial charge in [0.05, 0.1) is 6.10 Å². The monoisotopic (exact) mass is 317 g/mol. The highest BCUT2D eigenvalue weighted by Gasteiger charge is 2.61. The van der Waals surface area contributed by atoms with Crippen LogP contribution in [0.4, 0.5) is 0 Å². The predicted octanol–water partition coefficient (Wildman–Crippen LogP) is 4.27. The molecule has 0 aromatic rings. The summed E-state index contributed by atoms with van der Waals surface area (Å²) in [6.07, 6.45) is 12.1. The summed E-state index contributed by atoms with van der Waals surface area (Å²) in [6.45, 7) is 7.25. The Morgan fingerprint density at radius 1 is 1.17 bits per heavy atom. The van der Waals surface area contributed by atoms with Crippen LogP contribution in [-0.2, 0) is 0 Å². The first-order valence-corrected chi connectivity index (χ1v) is 9.99. The minimum Gasteiger partial charge on any atom is -0.393 e. The Bertz CT molecular complexity index is 514. The van der Waals surface area contributed by atoms with E-state index in [1.54, 1.807) is 5.57 Å². The van der Waals surface area contributed by atoms with Gasteiger partial charge < -0.3 is 10.8 Å². The largest absolute Gasteiger partial charge is 0.393 e. The van der Waals surface area contributed by atoms with E-state index in [1.165, 1.54) is 38.5 Å². The van der Waals surface area contributed by atoms with Crippen molar-refractivity contribution in [3.8, 4) is 0 Å². The molecule has 0 bridgehead atoms. The van der Waals surface area contributed by atoms with Gasteiger partial charge in [-0.25, -0.2) is 0 Å². The molecule has 0 aromatic heterocycles. The highest BCUT2D eigenvalue weighted by molar-refractivity contribution is 5.25. The van der Waals surface area contributed by atoms with Gasteiger partial charge in [0.2, 0.25) is 0 Å². The Kier molecular flexibility index (Phi) is 3.74. The van der Waals surface area contributed by atoms with Crippen molar-refractivity contribution in [1.29, 1.82) is 0 Å².